The molecule has 0 atom stereocenters. The predicted molar refractivity (Wildman–Crippen MR) is 33.2 cm³/mol. The average molecular weight is 104 g/mol. The summed E-state index contributed by atoms with van der Waals surface area (Å²) >= 11 is 0. The molecule has 1 heteroatoms. The largest absolute Gasteiger partial charge is 0.263 e. The first-order chi connectivity index (χ1) is 3.93. The number of nitrogens with zero attached hydrogens (tertiary/aromatic N) is 1. The van der Waals surface area contributed by atoms with Gasteiger partial charge in [0.2, 0.25) is 0 Å². The van der Waals surface area contributed by atoms with Crippen molar-refractivity contribution in [3.05, 3.63) is 36.7 Å². The molecule has 0 unspecified atom stereocenters. The van der Waals surface area contributed by atoms with Gasteiger partial charge in [0, 0.05) is 18.5 Å². The second-order valence-corrected chi connectivity index (χ2v) is 1.42. The summed E-state index contributed by atoms with van der Waals surface area (Å²) in [5.74, 6) is 0. The van der Waals surface area contributed by atoms with E-state index in [0.717, 1.165) is 5.56 Å². The molecule has 1 heterocycles. The molecule has 0 aliphatic rings. The smallest absolute Gasteiger partial charge is 0.0347 e. The van der Waals surface area contributed by atoms with Crippen molar-refractivity contribution in [2.45, 2.75) is 0 Å². The maximum absolute atomic E-state index is 3.83. The van der Waals surface area contributed by atoms with E-state index in [9.17, 15) is 0 Å². The van der Waals surface area contributed by atoms with Crippen LogP contribution in [-0.4, -0.2) is 4.98 Å². The van der Waals surface area contributed by atoms with Crippen LogP contribution in [0.15, 0.2) is 25.0 Å². The normalized spacial score (nSPS) is 8.50. The first-order valence-electron chi connectivity index (χ1n) is 2.37. The molecule has 0 aromatic carbocycles. The molecule has 39 valence electrons. The fourth-order valence-corrected chi connectivity index (χ4v) is 0.449. The van der Waals surface area contributed by atoms with Crippen molar-refractivity contribution < 1.29 is 0 Å². The van der Waals surface area contributed by atoms with Gasteiger partial charge in [-0.2, -0.15) is 0 Å². The van der Waals surface area contributed by atoms with Gasteiger partial charge in [0.15, 0.2) is 0 Å². The second-order valence-electron chi connectivity index (χ2n) is 1.42. The molecule has 1 aromatic heterocycles. The van der Waals surface area contributed by atoms with Crippen molar-refractivity contribution in [1.82, 2.24) is 4.98 Å². The molecule has 0 saturated carbocycles. The number of hydrogen-bond acceptors (Lipinski definition) is 1. The highest BCUT2D eigenvalue weighted by Gasteiger charge is 1.77. The highest BCUT2D eigenvalue weighted by Crippen LogP contribution is 1.93. The monoisotopic (exact) mass is 104 g/mol. The van der Waals surface area contributed by atoms with Crippen molar-refractivity contribution in [2.75, 3.05) is 0 Å². The Hall–Kier alpha value is -1.11. The third-order valence-corrected chi connectivity index (χ3v) is 0.858. The minimum Gasteiger partial charge on any atom is -0.263 e. The Labute approximate surface area is 48.7 Å². The van der Waals surface area contributed by atoms with Gasteiger partial charge in [0.1, 0.15) is 0 Å². The van der Waals surface area contributed by atoms with Crippen LogP contribution in [0.2, 0.25) is 0 Å². The zero-order valence-electron chi connectivity index (χ0n) is 4.46. The van der Waals surface area contributed by atoms with Gasteiger partial charge in [0.05, 0.1) is 0 Å². The summed E-state index contributed by atoms with van der Waals surface area (Å²) in [5, 5.41) is 0. The van der Waals surface area contributed by atoms with E-state index in [4.69, 9.17) is 0 Å². The van der Waals surface area contributed by atoms with E-state index in [1.54, 1.807) is 18.5 Å². The summed E-state index contributed by atoms with van der Waals surface area (Å²) in [4.78, 5) is 3.83. The van der Waals surface area contributed by atoms with Crippen LogP contribution in [0.25, 0.3) is 6.08 Å². The van der Waals surface area contributed by atoms with Crippen molar-refractivity contribution in [3.63, 3.8) is 0 Å². The summed E-state index contributed by atoms with van der Waals surface area (Å²) in [5.41, 5.74) is 1.01. The van der Waals surface area contributed by atoms with Crippen LogP contribution in [0.5, 0.6) is 0 Å². The summed E-state index contributed by atoms with van der Waals surface area (Å²) in [6, 6.07) is 4.66. The molecule has 1 aromatic rings. The van der Waals surface area contributed by atoms with Gasteiger partial charge in [-0.15, -0.1) is 0 Å². The molecule has 1 radical (unpaired) electrons. The van der Waals surface area contributed by atoms with Gasteiger partial charge < -0.3 is 0 Å². The zero-order valence-corrected chi connectivity index (χ0v) is 4.46. The van der Waals surface area contributed by atoms with Crippen molar-refractivity contribution in [1.29, 1.82) is 0 Å². The van der Waals surface area contributed by atoms with Crippen LogP contribution in [0.3, 0.4) is 0 Å². The highest BCUT2D eigenvalue weighted by atomic mass is 14.6. The quantitative estimate of drug-likeness (QED) is 0.526. The first kappa shape index (κ1) is 5.04. The second kappa shape index (κ2) is 2.26. The Morgan fingerprint density at radius 3 is 3.00 bits per heavy atom. The summed E-state index contributed by atoms with van der Waals surface area (Å²) in [7, 11) is 0. The number of pyridine rings is 1. The maximum atomic E-state index is 3.83. The van der Waals surface area contributed by atoms with Gasteiger partial charge in [-0.05, 0) is 11.6 Å². The van der Waals surface area contributed by atoms with Crippen LogP contribution >= 0.6 is 0 Å². The summed E-state index contributed by atoms with van der Waals surface area (Å²) in [6.45, 7) is 3.57. The molecular formula is C7H6N. The average Bonchev–Trinajstić information content (AvgIpc) is 1.90. The lowest BCUT2D eigenvalue weighted by atomic mass is 10.3. The molecule has 0 aliphatic heterocycles. The summed E-state index contributed by atoms with van der Waals surface area (Å²) in [6.07, 6.45) is 5.10. The maximum Gasteiger partial charge on any atom is 0.0347 e. The molecule has 0 amide bonds. The number of hydrogen-bond donors (Lipinski definition) is 0. The van der Waals surface area contributed by atoms with Crippen LogP contribution in [0, 0.1) is 6.07 Å². The van der Waals surface area contributed by atoms with Crippen LogP contribution < -0.4 is 0 Å². The molecule has 1 rings (SSSR count). The fourth-order valence-electron chi connectivity index (χ4n) is 0.449. The first-order valence-corrected chi connectivity index (χ1v) is 2.37. The Balaban J connectivity index is 2.99. The van der Waals surface area contributed by atoms with Crippen LogP contribution in [0.4, 0.5) is 0 Å². The van der Waals surface area contributed by atoms with E-state index in [1.807, 2.05) is 6.07 Å². The Kier molecular flexibility index (Phi) is 1.42. The van der Waals surface area contributed by atoms with E-state index in [-0.39, 0.29) is 0 Å². The fraction of sp³-hybridized carbons (Fsp3) is 0. The third-order valence-electron chi connectivity index (χ3n) is 0.858. The lowest BCUT2D eigenvalue weighted by molar-refractivity contribution is 1.31. The van der Waals surface area contributed by atoms with E-state index in [2.05, 4.69) is 17.6 Å². The SMILES string of the molecule is C=Cc1c[c]cnc1. The van der Waals surface area contributed by atoms with E-state index < -0.39 is 0 Å². The molecule has 8 heavy (non-hydrogen) atoms. The molecule has 0 N–H and O–H groups in total. The van der Waals surface area contributed by atoms with Crippen molar-refractivity contribution in [3.8, 4) is 0 Å². The minimum atomic E-state index is 1.01. The van der Waals surface area contributed by atoms with Crippen molar-refractivity contribution in [2.24, 2.45) is 0 Å². The molecule has 0 bridgehead atoms. The molecule has 0 fully saturated rings. The predicted octanol–water partition coefficient (Wildman–Crippen LogP) is 1.52. The molecule has 0 spiro atoms. The van der Waals surface area contributed by atoms with Crippen molar-refractivity contribution >= 4 is 6.08 Å². The molecule has 0 saturated heterocycles. The van der Waals surface area contributed by atoms with Gasteiger partial charge in [0.25, 0.3) is 0 Å². The van der Waals surface area contributed by atoms with E-state index >= 15 is 0 Å². The zero-order chi connectivity index (χ0) is 5.82. The standard InChI is InChI=1S/C7H6N/c1-2-7-4-3-5-8-6-7/h2,4-6H,1H2. The highest BCUT2D eigenvalue weighted by molar-refractivity contribution is 5.43. The van der Waals surface area contributed by atoms with E-state index in [0.29, 0.717) is 0 Å². The molecule has 1 nitrogen and oxygen atoms in total. The lowest BCUT2D eigenvalue weighted by Gasteiger charge is -1.84. The Morgan fingerprint density at radius 1 is 1.75 bits per heavy atom. The molecule has 0 aliphatic carbocycles. The third kappa shape index (κ3) is 0.936. The Morgan fingerprint density at radius 2 is 2.62 bits per heavy atom. The topological polar surface area (TPSA) is 12.9 Å². The van der Waals surface area contributed by atoms with Gasteiger partial charge in [-0.1, -0.05) is 12.7 Å². The number of aromatic nitrogens is 1. The Bertz CT molecular complexity index is 167. The van der Waals surface area contributed by atoms with Gasteiger partial charge >= 0.3 is 0 Å². The minimum absolute atomic E-state index is 1.01. The van der Waals surface area contributed by atoms with Gasteiger partial charge in [-0.25, -0.2) is 0 Å². The summed E-state index contributed by atoms with van der Waals surface area (Å²) < 4.78 is 0. The lowest BCUT2D eigenvalue weighted by Crippen LogP contribution is -1.70. The number of rotatable bonds is 1. The van der Waals surface area contributed by atoms with Crippen LogP contribution in [0.1, 0.15) is 5.56 Å². The van der Waals surface area contributed by atoms with Crippen LogP contribution in [-0.2, 0) is 0 Å². The molecular weight excluding hydrogens is 98.1 g/mol. The van der Waals surface area contributed by atoms with Gasteiger partial charge in [-0.3, -0.25) is 4.98 Å². The van der Waals surface area contributed by atoms with E-state index in [1.165, 1.54) is 0 Å².